The fourth-order valence-electron chi connectivity index (χ4n) is 2.85. The first-order valence-electron chi connectivity index (χ1n) is 10.9. The van der Waals surface area contributed by atoms with Crippen LogP contribution in [-0.4, -0.2) is 80.6 Å². The van der Waals surface area contributed by atoms with Crippen LogP contribution in [0, 0.1) is 0 Å². The van der Waals surface area contributed by atoms with Gasteiger partial charge in [-0.15, -0.1) is 0 Å². The van der Waals surface area contributed by atoms with Crippen molar-refractivity contribution in [1.82, 2.24) is 13.9 Å². The summed E-state index contributed by atoms with van der Waals surface area (Å²) < 4.78 is 18.7. The van der Waals surface area contributed by atoms with Gasteiger partial charge in [0, 0.05) is 38.4 Å². The summed E-state index contributed by atoms with van der Waals surface area (Å²) in [6.07, 6.45) is 1.32. The molecule has 0 N–H and O–H groups in total. The van der Waals surface area contributed by atoms with Gasteiger partial charge < -0.3 is 19.1 Å². The van der Waals surface area contributed by atoms with E-state index < -0.39 is 6.09 Å². The van der Waals surface area contributed by atoms with Crippen LogP contribution in [0.25, 0.3) is 0 Å². The summed E-state index contributed by atoms with van der Waals surface area (Å²) in [7, 11) is 15.9. The Morgan fingerprint density at radius 2 is 1.28 bits per heavy atom. The maximum atomic E-state index is 12.0. The van der Waals surface area contributed by atoms with Crippen LogP contribution in [0.3, 0.4) is 0 Å². The molecule has 2 aromatic rings. The Morgan fingerprint density at radius 1 is 0.750 bits per heavy atom. The highest BCUT2D eigenvalue weighted by Gasteiger charge is 2.18. The Morgan fingerprint density at radius 3 is 1.84 bits per heavy atom. The molecule has 7 heteroatoms. The van der Waals surface area contributed by atoms with Crippen LogP contribution in [0.1, 0.15) is 12.8 Å². The molecule has 176 valence electrons. The van der Waals surface area contributed by atoms with Gasteiger partial charge in [0.2, 0.25) is 0 Å². The second-order valence-corrected chi connectivity index (χ2v) is 9.85. The molecule has 0 atom stereocenters. The summed E-state index contributed by atoms with van der Waals surface area (Å²) in [5, 5.41) is 0. The van der Waals surface area contributed by atoms with Crippen molar-refractivity contribution in [3.05, 3.63) is 42.5 Å². The molecule has 0 spiro atoms. The largest absolute Gasteiger partial charge is 0.493 e. The number of ether oxygens (including phenoxy) is 3. The Bertz CT molecular complexity index is 899. The number of hydrogen-bond donors (Lipinski definition) is 0. The number of carbonyl (C=O) groups is 1. The van der Waals surface area contributed by atoms with Gasteiger partial charge in [-0.25, -0.2) is 4.79 Å². The number of quaternary nitrogens is 2. The molecule has 2 aromatic carbocycles. The zero-order chi connectivity index (χ0) is 23.9. The summed E-state index contributed by atoms with van der Waals surface area (Å²) in [5.74, 6) is 2.05. The average molecular weight is 446 g/mol. The SMILES string of the molecule is CN(C)C(=O)Oc1cc(OCCCCOc2cccc([N+](C)(C)C)c2)cc([N+](C)(C)C)c1. The molecule has 0 bridgehead atoms. The van der Waals surface area contributed by atoms with E-state index in [-0.39, 0.29) is 0 Å². The molecule has 7 nitrogen and oxygen atoms in total. The van der Waals surface area contributed by atoms with Crippen LogP contribution in [0.4, 0.5) is 16.2 Å². The molecule has 0 aliphatic rings. The minimum atomic E-state index is -0.416. The average Bonchev–Trinajstić information content (AvgIpc) is 2.69. The van der Waals surface area contributed by atoms with E-state index >= 15 is 0 Å². The third-order valence-electron chi connectivity index (χ3n) is 4.88. The quantitative estimate of drug-likeness (QED) is 0.402. The molecule has 0 fully saturated rings. The zero-order valence-corrected chi connectivity index (χ0v) is 20.8. The Balaban J connectivity index is 1.88. The van der Waals surface area contributed by atoms with Gasteiger partial charge in [-0.3, -0.25) is 8.97 Å². The lowest BCUT2D eigenvalue weighted by molar-refractivity contribution is 0.171. The lowest BCUT2D eigenvalue weighted by atomic mass is 10.2. The molecular weight excluding hydrogens is 406 g/mol. The monoisotopic (exact) mass is 445 g/mol. The lowest BCUT2D eigenvalue weighted by Crippen LogP contribution is -2.34. The maximum absolute atomic E-state index is 12.0. The molecular formula is C25H39N3O4+2. The topological polar surface area (TPSA) is 48.0 Å². The van der Waals surface area contributed by atoms with Crippen LogP contribution < -0.4 is 23.2 Å². The van der Waals surface area contributed by atoms with E-state index in [1.807, 2.05) is 24.3 Å². The highest BCUT2D eigenvalue weighted by Crippen LogP contribution is 2.30. The van der Waals surface area contributed by atoms with E-state index in [9.17, 15) is 4.79 Å². The van der Waals surface area contributed by atoms with Crippen LogP contribution in [0.2, 0.25) is 0 Å². The van der Waals surface area contributed by atoms with E-state index in [1.165, 1.54) is 10.6 Å². The molecule has 0 saturated carbocycles. The van der Waals surface area contributed by atoms with Gasteiger partial charge in [-0.05, 0) is 25.0 Å². The van der Waals surface area contributed by atoms with Gasteiger partial charge in [-0.2, -0.15) is 0 Å². The van der Waals surface area contributed by atoms with E-state index in [4.69, 9.17) is 14.2 Å². The number of unbranched alkanes of at least 4 members (excludes halogenated alkanes) is 1. The fourth-order valence-corrected chi connectivity index (χ4v) is 2.85. The third kappa shape index (κ3) is 8.05. The van der Waals surface area contributed by atoms with Gasteiger partial charge in [0.05, 0.1) is 55.5 Å². The molecule has 2 rings (SSSR count). The highest BCUT2D eigenvalue weighted by molar-refractivity contribution is 5.71. The van der Waals surface area contributed by atoms with Crippen molar-refractivity contribution in [2.45, 2.75) is 12.8 Å². The van der Waals surface area contributed by atoms with Crippen molar-refractivity contribution in [2.24, 2.45) is 0 Å². The van der Waals surface area contributed by atoms with Crippen LogP contribution in [0.5, 0.6) is 17.2 Å². The lowest BCUT2D eigenvalue weighted by Gasteiger charge is -2.24. The van der Waals surface area contributed by atoms with Crippen molar-refractivity contribution in [3.63, 3.8) is 0 Å². The van der Waals surface area contributed by atoms with E-state index in [0.717, 1.165) is 28.8 Å². The van der Waals surface area contributed by atoms with E-state index in [2.05, 4.69) is 54.4 Å². The predicted molar refractivity (Wildman–Crippen MR) is 132 cm³/mol. The smallest absolute Gasteiger partial charge is 0.414 e. The Labute approximate surface area is 192 Å². The van der Waals surface area contributed by atoms with Gasteiger partial charge in [-0.1, -0.05) is 6.07 Å². The van der Waals surface area contributed by atoms with Crippen LogP contribution in [-0.2, 0) is 0 Å². The second kappa shape index (κ2) is 10.7. The summed E-state index contributed by atoms with van der Waals surface area (Å²) >= 11 is 0. The zero-order valence-electron chi connectivity index (χ0n) is 20.8. The molecule has 0 radical (unpaired) electrons. The molecule has 1 amide bonds. The van der Waals surface area contributed by atoms with Gasteiger partial charge in [0.25, 0.3) is 0 Å². The van der Waals surface area contributed by atoms with Crippen molar-refractivity contribution in [3.8, 4) is 17.2 Å². The molecule has 0 unspecified atom stereocenters. The summed E-state index contributed by atoms with van der Waals surface area (Å²) in [6, 6.07) is 13.8. The van der Waals surface area contributed by atoms with Gasteiger partial charge in [0.15, 0.2) is 0 Å². The first-order chi connectivity index (χ1) is 14.9. The Hall–Kier alpha value is -2.77. The summed E-state index contributed by atoms with van der Waals surface area (Å²) in [4.78, 5) is 13.4. The van der Waals surface area contributed by atoms with Crippen LogP contribution >= 0.6 is 0 Å². The van der Waals surface area contributed by atoms with E-state index in [1.54, 1.807) is 20.2 Å². The minimum absolute atomic E-state index is 0.416. The highest BCUT2D eigenvalue weighted by atomic mass is 16.6. The van der Waals surface area contributed by atoms with Crippen molar-refractivity contribution < 1.29 is 19.0 Å². The summed E-state index contributed by atoms with van der Waals surface area (Å²) in [6.45, 7) is 1.19. The molecule has 0 aliphatic carbocycles. The predicted octanol–water partition coefficient (Wildman–Crippen LogP) is 4.38. The van der Waals surface area contributed by atoms with E-state index in [0.29, 0.717) is 29.2 Å². The van der Waals surface area contributed by atoms with Crippen molar-refractivity contribution in [2.75, 3.05) is 69.6 Å². The molecule has 0 aliphatic heterocycles. The minimum Gasteiger partial charge on any atom is -0.493 e. The Kier molecular flexibility index (Phi) is 8.52. The first-order valence-corrected chi connectivity index (χ1v) is 10.9. The normalized spacial score (nSPS) is 11.8. The molecule has 0 saturated heterocycles. The molecule has 0 heterocycles. The first kappa shape index (κ1) is 25.5. The maximum Gasteiger partial charge on any atom is 0.414 e. The molecule has 0 aromatic heterocycles. The number of benzene rings is 2. The standard InChI is InChI=1S/C25H39N3O4/c1-26(2)25(29)32-24-18-21(28(6,7)8)17-23(19-24)31-15-10-9-14-30-22-13-11-12-20(16-22)27(3,4)5/h11-13,16-19H,9-10,14-15H2,1-8H3/q+2. The fraction of sp³-hybridized carbons (Fsp3) is 0.480. The van der Waals surface area contributed by atoms with Gasteiger partial charge >= 0.3 is 6.09 Å². The van der Waals surface area contributed by atoms with Crippen molar-refractivity contribution in [1.29, 1.82) is 0 Å². The van der Waals surface area contributed by atoms with Crippen LogP contribution in [0.15, 0.2) is 42.5 Å². The number of nitrogens with zero attached hydrogens (tertiary/aromatic N) is 3. The second-order valence-electron chi connectivity index (χ2n) is 9.85. The number of carbonyl (C=O) groups excluding carboxylic acids is 1. The van der Waals surface area contributed by atoms with Gasteiger partial charge in [0.1, 0.15) is 28.6 Å². The molecule has 32 heavy (non-hydrogen) atoms. The number of rotatable bonds is 10. The number of hydrogen-bond acceptors (Lipinski definition) is 4. The third-order valence-corrected chi connectivity index (χ3v) is 4.88. The summed E-state index contributed by atoms with van der Waals surface area (Å²) in [5.41, 5.74) is 2.19. The number of amides is 1. The van der Waals surface area contributed by atoms with Crippen molar-refractivity contribution >= 4 is 17.5 Å².